The molecule has 0 saturated heterocycles. The lowest BCUT2D eigenvalue weighted by Crippen LogP contribution is -2.46. The van der Waals surface area contributed by atoms with Gasteiger partial charge in [-0.1, -0.05) is 26.7 Å². The molecule has 0 N–H and O–H groups in total. The largest absolute Gasteiger partial charge is 0.461 e. The number of hydrogen-bond donors (Lipinski definition) is 0. The van der Waals surface area contributed by atoms with Gasteiger partial charge in [0.2, 0.25) is 5.78 Å². The number of carbonyl (C=O) groups excluding carboxylic acids is 1. The summed E-state index contributed by atoms with van der Waals surface area (Å²) < 4.78 is 5.48. The first kappa shape index (κ1) is 11.1. The molecule has 1 aromatic rings. The Morgan fingerprint density at radius 1 is 1.41 bits per heavy atom. The third kappa shape index (κ3) is 1.36. The molecule has 1 heterocycles. The summed E-state index contributed by atoms with van der Waals surface area (Å²) in [4.78, 5) is 12.5. The topological polar surface area (TPSA) is 30.2 Å². The predicted molar refractivity (Wildman–Crippen MR) is 66.1 cm³/mol. The second-order valence-electron chi connectivity index (χ2n) is 6.16. The minimum Gasteiger partial charge on any atom is -0.461 e. The molecule has 0 amide bonds. The number of ketones is 1. The lowest BCUT2D eigenvalue weighted by Gasteiger charge is -2.47. The molecule has 2 nitrogen and oxygen atoms in total. The van der Waals surface area contributed by atoms with E-state index in [1.807, 2.05) is 6.92 Å². The summed E-state index contributed by atoms with van der Waals surface area (Å²) in [7, 11) is 0. The Morgan fingerprint density at radius 2 is 2.18 bits per heavy atom. The van der Waals surface area contributed by atoms with E-state index in [2.05, 4.69) is 13.8 Å². The Morgan fingerprint density at radius 3 is 2.94 bits per heavy atom. The van der Waals surface area contributed by atoms with Crippen molar-refractivity contribution in [1.82, 2.24) is 0 Å². The van der Waals surface area contributed by atoms with Gasteiger partial charge in [-0.05, 0) is 36.7 Å². The van der Waals surface area contributed by atoms with E-state index in [1.165, 1.54) is 18.4 Å². The van der Waals surface area contributed by atoms with Crippen LogP contribution in [-0.2, 0) is 6.42 Å². The van der Waals surface area contributed by atoms with Crippen molar-refractivity contribution in [3.63, 3.8) is 0 Å². The van der Waals surface area contributed by atoms with Gasteiger partial charge in [0.05, 0.1) is 6.26 Å². The molecular weight excluding hydrogens is 212 g/mol. The van der Waals surface area contributed by atoms with E-state index in [1.54, 1.807) is 6.26 Å². The Labute approximate surface area is 102 Å². The van der Waals surface area contributed by atoms with Gasteiger partial charge in [-0.25, -0.2) is 0 Å². The summed E-state index contributed by atoms with van der Waals surface area (Å²) in [5.74, 6) is 1.73. The first-order valence-electron chi connectivity index (χ1n) is 6.65. The summed E-state index contributed by atoms with van der Waals surface area (Å²) in [6, 6.07) is 0. The molecule has 2 heteroatoms. The van der Waals surface area contributed by atoms with Crippen LogP contribution in [0.5, 0.6) is 0 Å². The normalized spacial score (nSPS) is 36.5. The van der Waals surface area contributed by atoms with E-state index in [0.29, 0.717) is 11.7 Å². The minimum absolute atomic E-state index is 0.150. The second kappa shape index (κ2) is 3.47. The zero-order chi connectivity index (χ0) is 12.2. The SMILES string of the molecule is Cc1coc2c1C[C@@]1(C)[C@H](CCC[C@@H]1C)C2=O. The Balaban J connectivity index is 2.12. The lowest BCUT2D eigenvalue weighted by molar-refractivity contribution is 0.0317. The van der Waals surface area contributed by atoms with Gasteiger partial charge in [-0.2, -0.15) is 0 Å². The fourth-order valence-electron chi connectivity index (χ4n) is 3.79. The lowest BCUT2D eigenvalue weighted by atomic mass is 9.55. The van der Waals surface area contributed by atoms with Gasteiger partial charge in [0.25, 0.3) is 0 Å². The van der Waals surface area contributed by atoms with Crippen molar-refractivity contribution in [2.45, 2.75) is 46.5 Å². The predicted octanol–water partition coefficient (Wildman–Crippen LogP) is 3.77. The fraction of sp³-hybridized carbons (Fsp3) is 0.667. The third-order valence-corrected chi connectivity index (χ3v) is 5.25. The van der Waals surface area contributed by atoms with E-state index in [-0.39, 0.29) is 17.1 Å². The van der Waals surface area contributed by atoms with Crippen LogP contribution in [0.25, 0.3) is 0 Å². The molecule has 0 bridgehead atoms. The molecule has 2 aliphatic carbocycles. The van der Waals surface area contributed by atoms with Crippen LogP contribution in [0.2, 0.25) is 0 Å². The van der Waals surface area contributed by atoms with Gasteiger partial charge >= 0.3 is 0 Å². The molecule has 0 unspecified atom stereocenters. The monoisotopic (exact) mass is 232 g/mol. The van der Waals surface area contributed by atoms with Crippen LogP contribution in [0.4, 0.5) is 0 Å². The molecule has 1 aromatic heterocycles. The molecule has 17 heavy (non-hydrogen) atoms. The quantitative estimate of drug-likeness (QED) is 0.681. The van der Waals surface area contributed by atoms with Crippen LogP contribution in [0.1, 0.15) is 54.8 Å². The summed E-state index contributed by atoms with van der Waals surface area (Å²) in [6.45, 7) is 6.65. The van der Waals surface area contributed by atoms with E-state index < -0.39 is 0 Å². The molecule has 0 spiro atoms. The van der Waals surface area contributed by atoms with Crippen LogP contribution in [-0.4, -0.2) is 5.78 Å². The van der Waals surface area contributed by atoms with Crippen molar-refractivity contribution < 1.29 is 9.21 Å². The molecule has 2 aliphatic rings. The van der Waals surface area contributed by atoms with E-state index in [4.69, 9.17) is 4.42 Å². The maximum Gasteiger partial charge on any atom is 0.201 e. The van der Waals surface area contributed by atoms with Crippen LogP contribution in [0, 0.1) is 24.2 Å². The van der Waals surface area contributed by atoms with Gasteiger partial charge in [0.1, 0.15) is 0 Å². The van der Waals surface area contributed by atoms with Crippen molar-refractivity contribution in [3.05, 3.63) is 23.2 Å². The summed E-state index contributed by atoms with van der Waals surface area (Å²) >= 11 is 0. The molecule has 1 saturated carbocycles. The smallest absolute Gasteiger partial charge is 0.201 e. The summed E-state index contributed by atoms with van der Waals surface area (Å²) in [6.07, 6.45) is 6.24. The standard InChI is InChI=1S/C15H20O2/c1-9-8-17-14-11(9)7-15(3)10(2)5-4-6-12(15)13(14)16/h8,10,12H,4-7H2,1-3H3/t10-,12+,15+/m0/s1. The average molecular weight is 232 g/mol. The number of aryl methyl sites for hydroxylation is 1. The van der Waals surface area contributed by atoms with Gasteiger partial charge < -0.3 is 4.42 Å². The number of hydrogen-bond acceptors (Lipinski definition) is 2. The van der Waals surface area contributed by atoms with Gasteiger partial charge in [-0.15, -0.1) is 0 Å². The number of Topliss-reactive ketones (excluding diaryl/α,β-unsaturated/α-hetero) is 1. The van der Waals surface area contributed by atoms with E-state index in [9.17, 15) is 4.79 Å². The van der Waals surface area contributed by atoms with E-state index in [0.717, 1.165) is 18.4 Å². The number of fused-ring (bicyclic) bond motifs is 2. The maximum atomic E-state index is 12.5. The number of furan rings is 1. The van der Waals surface area contributed by atoms with Gasteiger partial charge in [0.15, 0.2) is 5.76 Å². The van der Waals surface area contributed by atoms with Crippen LogP contribution in [0.15, 0.2) is 10.7 Å². The molecule has 1 fully saturated rings. The first-order valence-corrected chi connectivity index (χ1v) is 6.65. The fourth-order valence-corrected chi connectivity index (χ4v) is 3.79. The highest BCUT2D eigenvalue weighted by atomic mass is 16.3. The van der Waals surface area contributed by atoms with Crippen molar-refractivity contribution in [2.75, 3.05) is 0 Å². The minimum atomic E-state index is 0.150. The highest BCUT2D eigenvalue weighted by molar-refractivity contribution is 5.98. The van der Waals surface area contributed by atoms with Gasteiger partial charge in [-0.3, -0.25) is 4.79 Å². The van der Waals surface area contributed by atoms with Crippen molar-refractivity contribution in [2.24, 2.45) is 17.3 Å². The third-order valence-electron chi connectivity index (χ3n) is 5.25. The molecule has 0 radical (unpaired) electrons. The zero-order valence-electron chi connectivity index (χ0n) is 10.9. The molecule has 0 aromatic carbocycles. The average Bonchev–Trinajstić information content (AvgIpc) is 2.64. The van der Waals surface area contributed by atoms with Gasteiger partial charge in [0, 0.05) is 11.5 Å². The van der Waals surface area contributed by atoms with E-state index >= 15 is 0 Å². The second-order valence-corrected chi connectivity index (χ2v) is 6.16. The summed E-state index contributed by atoms with van der Waals surface area (Å²) in [5, 5.41) is 0. The zero-order valence-corrected chi connectivity index (χ0v) is 10.9. The Kier molecular flexibility index (Phi) is 2.26. The molecule has 3 rings (SSSR count). The molecule has 3 atom stereocenters. The molecule has 92 valence electrons. The Hall–Kier alpha value is -1.05. The highest BCUT2D eigenvalue weighted by Gasteiger charge is 2.50. The van der Waals surface area contributed by atoms with Crippen LogP contribution >= 0.6 is 0 Å². The van der Waals surface area contributed by atoms with Crippen LogP contribution in [0.3, 0.4) is 0 Å². The van der Waals surface area contributed by atoms with Crippen LogP contribution < -0.4 is 0 Å². The maximum absolute atomic E-state index is 12.5. The summed E-state index contributed by atoms with van der Waals surface area (Å²) in [5.41, 5.74) is 2.46. The number of rotatable bonds is 0. The highest BCUT2D eigenvalue weighted by Crippen LogP contribution is 2.52. The van der Waals surface area contributed by atoms with Crippen molar-refractivity contribution in [3.8, 4) is 0 Å². The number of carbonyl (C=O) groups is 1. The Bertz CT molecular complexity index is 471. The first-order chi connectivity index (χ1) is 8.04. The van der Waals surface area contributed by atoms with Crippen molar-refractivity contribution in [1.29, 1.82) is 0 Å². The molecular formula is C15H20O2. The molecule has 0 aliphatic heterocycles. The van der Waals surface area contributed by atoms with Crippen molar-refractivity contribution >= 4 is 5.78 Å².